The van der Waals surface area contributed by atoms with Crippen molar-refractivity contribution in [2.45, 2.75) is 38.5 Å². The molecule has 3 aromatic rings. The Bertz CT molecular complexity index is 946. The van der Waals surface area contributed by atoms with Crippen molar-refractivity contribution in [1.29, 1.82) is 0 Å². The van der Waals surface area contributed by atoms with Crippen LogP contribution in [0.25, 0.3) is 11.3 Å². The van der Waals surface area contributed by atoms with Crippen molar-refractivity contribution in [3.05, 3.63) is 29.3 Å². The fourth-order valence-electron chi connectivity index (χ4n) is 4.16. The molecule has 0 radical (unpaired) electrons. The molecule has 2 aliphatic rings. The molecule has 7 nitrogen and oxygen atoms in total. The molecule has 5 rings (SSSR count). The molecule has 0 amide bonds. The molecule has 0 aromatic carbocycles. The average Bonchev–Trinajstić information content (AvgIpc) is 3.32. The Kier molecular flexibility index (Phi) is 4.67. The Morgan fingerprint density at radius 1 is 1.21 bits per heavy atom. The summed E-state index contributed by atoms with van der Waals surface area (Å²) in [5.41, 5.74) is 2.01. The van der Waals surface area contributed by atoms with Crippen molar-refractivity contribution in [1.82, 2.24) is 25.1 Å². The van der Waals surface area contributed by atoms with E-state index in [1.165, 1.54) is 37.0 Å². The number of nitrogens with zero attached hydrogens (tertiary/aromatic N) is 5. The van der Waals surface area contributed by atoms with E-state index in [0.29, 0.717) is 11.1 Å². The van der Waals surface area contributed by atoms with Crippen LogP contribution in [0.5, 0.6) is 0 Å². The van der Waals surface area contributed by atoms with E-state index >= 15 is 0 Å². The first-order valence-electron chi connectivity index (χ1n) is 9.79. The molecule has 9 heteroatoms. The highest BCUT2D eigenvalue weighted by Gasteiger charge is 2.27. The lowest BCUT2D eigenvalue weighted by Crippen LogP contribution is -2.32. The third kappa shape index (κ3) is 3.46. The Morgan fingerprint density at radius 2 is 2.04 bits per heavy atom. The number of nitrogens with one attached hydrogen (secondary N) is 2. The largest absolute Gasteiger partial charge is 0.354 e. The molecule has 4 heterocycles. The molecule has 1 fully saturated rings. The summed E-state index contributed by atoms with van der Waals surface area (Å²) in [6.07, 6.45) is 11.9. The third-order valence-electron chi connectivity index (χ3n) is 5.52. The van der Waals surface area contributed by atoms with E-state index in [0.717, 1.165) is 54.9 Å². The molecule has 0 spiro atoms. The Hall–Kier alpha value is -2.55. The van der Waals surface area contributed by atoms with Gasteiger partial charge in [0.25, 0.3) is 0 Å². The number of anilines is 3. The maximum absolute atomic E-state index is 13.0. The number of thiazole rings is 1. The lowest BCUT2D eigenvalue weighted by atomic mass is 9.89. The van der Waals surface area contributed by atoms with E-state index in [9.17, 15) is 4.39 Å². The van der Waals surface area contributed by atoms with Gasteiger partial charge in [0.1, 0.15) is 0 Å². The Labute approximate surface area is 166 Å². The van der Waals surface area contributed by atoms with E-state index in [1.54, 1.807) is 11.3 Å². The predicted molar refractivity (Wildman–Crippen MR) is 107 cm³/mol. The van der Waals surface area contributed by atoms with Crippen LogP contribution in [0.4, 0.5) is 21.3 Å². The highest BCUT2D eigenvalue weighted by Crippen LogP contribution is 2.40. The number of halogens is 1. The van der Waals surface area contributed by atoms with Crippen LogP contribution in [-0.4, -0.2) is 38.2 Å². The molecule has 0 atom stereocenters. The average molecular weight is 399 g/mol. The van der Waals surface area contributed by atoms with E-state index < -0.39 is 5.82 Å². The van der Waals surface area contributed by atoms with E-state index in [4.69, 9.17) is 4.98 Å². The summed E-state index contributed by atoms with van der Waals surface area (Å²) in [4.78, 5) is 16.3. The first kappa shape index (κ1) is 17.5. The molecule has 28 heavy (non-hydrogen) atoms. The third-order valence-corrected chi connectivity index (χ3v) is 6.55. The summed E-state index contributed by atoms with van der Waals surface area (Å²) in [5.74, 6) is 1.65. The van der Waals surface area contributed by atoms with Crippen LogP contribution in [-0.2, 0) is 6.42 Å². The number of H-pyrrole nitrogens is 1. The topological polar surface area (TPSA) is 82.6 Å². The minimum atomic E-state index is -0.457. The molecule has 0 saturated heterocycles. The standard InChI is InChI=1S/C19H22FN7S/c20-13-8-21-18(22-9-13)25-19-24-16-14-10-23-26-17(14)27(7-6-15(16)28-19)11-12-4-2-1-3-5-12/h8-10,12H,1-7,11H2,(H,23,26)(H,21,22,24,25). The predicted octanol–water partition coefficient (Wildman–Crippen LogP) is 4.15. The van der Waals surface area contributed by atoms with Crippen molar-refractivity contribution in [2.24, 2.45) is 5.92 Å². The molecular weight excluding hydrogens is 377 g/mol. The summed E-state index contributed by atoms with van der Waals surface area (Å²) in [7, 11) is 0. The maximum Gasteiger partial charge on any atom is 0.229 e. The Balaban J connectivity index is 1.39. The summed E-state index contributed by atoms with van der Waals surface area (Å²) in [5, 5.41) is 11.4. The monoisotopic (exact) mass is 399 g/mol. The Morgan fingerprint density at radius 3 is 2.86 bits per heavy atom. The minimum Gasteiger partial charge on any atom is -0.354 e. The zero-order valence-electron chi connectivity index (χ0n) is 15.5. The van der Waals surface area contributed by atoms with Gasteiger partial charge < -0.3 is 10.2 Å². The van der Waals surface area contributed by atoms with Crippen molar-refractivity contribution in [2.75, 3.05) is 23.3 Å². The normalized spacial score (nSPS) is 17.1. The first-order chi connectivity index (χ1) is 13.8. The van der Waals surface area contributed by atoms with Crippen molar-refractivity contribution < 1.29 is 4.39 Å². The molecule has 1 aliphatic heterocycles. The van der Waals surface area contributed by atoms with Crippen LogP contribution in [0.3, 0.4) is 0 Å². The fourth-order valence-corrected chi connectivity index (χ4v) is 5.12. The van der Waals surface area contributed by atoms with E-state index in [-0.39, 0.29) is 0 Å². The number of aromatic nitrogens is 5. The van der Waals surface area contributed by atoms with Crippen LogP contribution in [0, 0.1) is 11.7 Å². The molecule has 3 aromatic heterocycles. The first-order valence-corrected chi connectivity index (χ1v) is 10.6. The van der Waals surface area contributed by atoms with Gasteiger partial charge in [0, 0.05) is 30.6 Å². The molecule has 0 bridgehead atoms. The van der Waals surface area contributed by atoms with Gasteiger partial charge in [-0.2, -0.15) is 5.10 Å². The van der Waals surface area contributed by atoms with Crippen molar-refractivity contribution in [3.63, 3.8) is 0 Å². The summed E-state index contributed by atoms with van der Waals surface area (Å²) < 4.78 is 13.0. The van der Waals surface area contributed by atoms with Gasteiger partial charge in [-0.15, -0.1) is 11.3 Å². The fraction of sp³-hybridized carbons (Fsp3) is 0.474. The van der Waals surface area contributed by atoms with Crippen LogP contribution in [0.15, 0.2) is 18.6 Å². The number of hydrogen-bond acceptors (Lipinski definition) is 7. The van der Waals surface area contributed by atoms with Gasteiger partial charge in [0.2, 0.25) is 5.95 Å². The number of fused-ring (bicyclic) bond motifs is 3. The highest BCUT2D eigenvalue weighted by molar-refractivity contribution is 7.16. The quantitative estimate of drug-likeness (QED) is 0.686. The number of rotatable bonds is 4. The van der Waals surface area contributed by atoms with Gasteiger partial charge in [-0.25, -0.2) is 19.3 Å². The summed E-state index contributed by atoms with van der Waals surface area (Å²) in [6.45, 7) is 2.01. The van der Waals surface area contributed by atoms with Gasteiger partial charge in [-0.1, -0.05) is 19.3 Å². The van der Waals surface area contributed by atoms with Crippen LogP contribution < -0.4 is 10.2 Å². The maximum atomic E-state index is 13.0. The van der Waals surface area contributed by atoms with Crippen molar-refractivity contribution >= 4 is 28.2 Å². The zero-order valence-corrected chi connectivity index (χ0v) is 16.3. The lowest BCUT2D eigenvalue weighted by Gasteiger charge is -2.29. The van der Waals surface area contributed by atoms with E-state index in [2.05, 4.69) is 30.4 Å². The molecule has 146 valence electrons. The molecular formula is C19H22FN7S. The van der Waals surface area contributed by atoms with Gasteiger partial charge in [0.15, 0.2) is 16.8 Å². The highest BCUT2D eigenvalue weighted by atomic mass is 32.1. The zero-order chi connectivity index (χ0) is 18.9. The molecule has 2 N–H and O–H groups in total. The van der Waals surface area contributed by atoms with Gasteiger partial charge in [-0.05, 0) is 18.8 Å². The van der Waals surface area contributed by atoms with Crippen LogP contribution >= 0.6 is 11.3 Å². The minimum absolute atomic E-state index is 0.344. The second-order valence-electron chi connectivity index (χ2n) is 7.46. The lowest BCUT2D eigenvalue weighted by molar-refractivity contribution is 0.358. The number of hydrogen-bond donors (Lipinski definition) is 2. The second kappa shape index (κ2) is 7.46. The van der Waals surface area contributed by atoms with Crippen LogP contribution in [0.1, 0.15) is 37.0 Å². The SMILES string of the molecule is Fc1cnc(Nc2nc3c(s2)CCN(CC2CCCCC2)c2n[nH]cc2-3)nc1. The molecule has 0 unspecified atom stereocenters. The second-order valence-corrected chi connectivity index (χ2v) is 8.55. The van der Waals surface area contributed by atoms with Crippen molar-refractivity contribution in [3.8, 4) is 11.3 Å². The van der Waals surface area contributed by atoms with E-state index in [1.807, 2.05) is 6.20 Å². The molecule has 1 aliphatic carbocycles. The molecule has 1 saturated carbocycles. The van der Waals surface area contributed by atoms with Gasteiger partial charge >= 0.3 is 0 Å². The van der Waals surface area contributed by atoms with Gasteiger partial charge in [-0.3, -0.25) is 5.10 Å². The summed E-state index contributed by atoms with van der Waals surface area (Å²) >= 11 is 1.60. The smallest absolute Gasteiger partial charge is 0.229 e. The summed E-state index contributed by atoms with van der Waals surface area (Å²) in [6, 6.07) is 0. The number of aromatic amines is 1. The van der Waals surface area contributed by atoms with Crippen LogP contribution in [0.2, 0.25) is 0 Å². The van der Waals surface area contributed by atoms with Gasteiger partial charge in [0.05, 0.1) is 23.7 Å².